The maximum Gasteiger partial charge on any atom is 0.224 e. The third-order valence-electron chi connectivity index (χ3n) is 4.17. The van der Waals surface area contributed by atoms with Gasteiger partial charge in [-0.2, -0.15) is 4.80 Å². The summed E-state index contributed by atoms with van der Waals surface area (Å²) in [5, 5.41) is 16.4. The Labute approximate surface area is 156 Å². The highest BCUT2D eigenvalue weighted by Gasteiger charge is 2.08. The van der Waals surface area contributed by atoms with Crippen molar-refractivity contribution in [3.63, 3.8) is 0 Å². The van der Waals surface area contributed by atoms with Crippen LogP contribution in [0.25, 0.3) is 22.3 Å². The Bertz CT molecular complexity index is 1050. The first-order valence-corrected chi connectivity index (χ1v) is 8.76. The van der Waals surface area contributed by atoms with Gasteiger partial charge in [0.05, 0.1) is 17.7 Å². The summed E-state index contributed by atoms with van der Waals surface area (Å²) in [6.07, 6.45) is 2.74. The van der Waals surface area contributed by atoms with Crippen LogP contribution in [-0.4, -0.2) is 31.1 Å². The summed E-state index contributed by atoms with van der Waals surface area (Å²) in [6, 6.07) is 19.2. The number of carbonyl (C=O) groups is 1. The van der Waals surface area contributed by atoms with Gasteiger partial charge in [-0.15, -0.1) is 10.2 Å². The van der Waals surface area contributed by atoms with Crippen molar-refractivity contribution in [2.24, 2.45) is 0 Å². The van der Waals surface area contributed by atoms with Gasteiger partial charge in [0.15, 0.2) is 0 Å². The topological polar surface area (TPSA) is 85.6 Å². The van der Waals surface area contributed by atoms with Crippen molar-refractivity contribution >= 4 is 22.5 Å². The first-order chi connectivity index (χ1) is 13.3. The van der Waals surface area contributed by atoms with Crippen LogP contribution in [0, 0.1) is 0 Å². The number of fused-ring (bicyclic) bond motifs is 1. The molecule has 1 N–H and O–H groups in total. The van der Waals surface area contributed by atoms with Crippen LogP contribution in [0.15, 0.2) is 66.9 Å². The zero-order valence-corrected chi connectivity index (χ0v) is 14.6. The van der Waals surface area contributed by atoms with Gasteiger partial charge in [0.1, 0.15) is 0 Å². The number of carbonyl (C=O) groups excluding carboxylic acids is 1. The van der Waals surface area contributed by atoms with E-state index in [0.717, 1.165) is 22.2 Å². The van der Waals surface area contributed by atoms with E-state index in [1.54, 1.807) is 6.20 Å². The lowest BCUT2D eigenvalue weighted by molar-refractivity contribution is -0.116. The number of nitrogens with one attached hydrogen (secondary N) is 1. The number of amides is 1. The Morgan fingerprint density at radius 1 is 1.00 bits per heavy atom. The van der Waals surface area contributed by atoms with Crippen LogP contribution >= 0.6 is 0 Å². The lowest BCUT2D eigenvalue weighted by Gasteiger charge is -2.08. The van der Waals surface area contributed by atoms with E-state index in [2.05, 4.69) is 25.7 Å². The average Bonchev–Trinajstić information content (AvgIpc) is 3.18. The van der Waals surface area contributed by atoms with Crippen molar-refractivity contribution < 1.29 is 4.79 Å². The van der Waals surface area contributed by atoms with Crippen molar-refractivity contribution in [3.05, 3.63) is 66.9 Å². The molecule has 0 fully saturated rings. The van der Waals surface area contributed by atoms with Crippen LogP contribution in [-0.2, 0) is 11.3 Å². The van der Waals surface area contributed by atoms with Crippen molar-refractivity contribution in [2.75, 3.05) is 5.32 Å². The minimum atomic E-state index is -0.0465. The number of hydrogen-bond donors (Lipinski definition) is 1. The van der Waals surface area contributed by atoms with Gasteiger partial charge in [0, 0.05) is 23.6 Å². The number of pyridine rings is 1. The molecule has 2 aromatic carbocycles. The molecule has 4 rings (SSSR count). The fraction of sp³-hybridized carbons (Fsp3) is 0.150. The molecule has 0 saturated carbocycles. The first kappa shape index (κ1) is 16.8. The van der Waals surface area contributed by atoms with Crippen LogP contribution in [0.4, 0.5) is 5.69 Å². The van der Waals surface area contributed by atoms with E-state index in [1.165, 1.54) is 4.80 Å². The number of hydrogen-bond acceptors (Lipinski definition) is 5. The second-order valence-electron chi connectivity index (χ2n) is 6.10. The van der Waals surface area contributed by atoms with Gasteiger partial charge in [0.2, 0.25) is 11.7 Å². The molecular weight excluding hydrogens is 340 g/mol. The minimum Gasteiger partial charge on any atom is -0.325 e. The van der Waals surface area contributed by atoms with Gasteiger partial charge in [-0.3, -0.25) is 9.78 Å². The molecule has 0 aliphatic carbocycles. The number of nitrogens with zero attached hydrogens (tertiary/aromatic N) is 5. The molecule has 0 atom stereocenters. The standard InChI is InChI=1S/C20H18N6O/c27-19(22-18-11-4-10-17-16(18)9-5-13-21-17)12-6-14-26-24-20(23-25-26)15-7-2-1-3-8-15/h1-5,7-11,13H,6,12,14H2,(H,22,27). The average molecular weight is 358 g/mol. The monoisotopic (exact) mass is 358 g/mol. The highest BCUT2D eigenvalue weighted by molar-refractivity contribution is 6.00. The summed E-state index contributed by atoms with van der Waals surface area (Å²) < 4.78 is 0. The third kappa shape index (κ3) is 3.98. The van der Waals surface area contributed by atoms with E-state index in [1.807, 2.05) is 60.7 Å². The molecule has 2 heterocycles. The van der Waals surface area contributed by atoms with Gasteiger partial charge in [0.25, 0.3) is 0 Å². The lowest BCUT2D eigenvalue weighted by atomic mass is 10.1. The van der Waals surface area contributed by atoms with Crippen LogP contribution in [0.2, 0.25) is 0 Å². The molecular formula is C20H18N6O. The van der Waals surface area contributed by atoms with Crippen LogP contribution in [0.3, 0.4) is 0 Å². The Balaban J connectivity index is 1.33. The number of rotatable bonds is 6. The molecule has 7 heteroatoms. The van der Waals surface area contributed by atoms with E-state index < -0.39 is 0 Å². The molecule has 0 unspecified atom stereocenters. The smallest absolute Gasteiger partial charge is 0.224 e. The van der Waals surface area contributed by atoms with Gasteiger partial charge in [-0.25, -0.2) is 0 Å². The molecule has 2 aromatic heterocycles. The molecule has 0 aliphatic heterocycles. The maximum atomic E-state index is 12.3. The molecule has 27 heavy (non-hydrogen) atoms. The zero-order valence-electron chi connectivity index (χ0n) is 14.6. The summed E-state index contributed by atoms with van der Waals surface area (Å²) in [4.78, 5) is 18.1. The quantitative estimate of drug-likeness (QED) is 0.571. The molecule has 0 radical (unpaired) electrons. The van der Waals surface area contributed by atoms with Gasteiger partial charge < -0.3 is 5.32 Å². The predicted octanol–water partition coefficient (Wildman–Crippen LogP) is 3.31. The highest BCUT2D eigenvalue weighted by atomic mass is 16.1. The van der Waals surface area contributed by atoms with Gasteiger partial charge >= 0.3 is 0 Å². The number of anilines is 1. The van der Waals surface area contributed by atoms with Crippen molar-refractivity contribution in [3.8, 4) is 11.4 Å². The second kappa shape index (κ2) is 7.74. The van der Waals surface area contributed by atoms with Crippen molar-refractivity contribution in [2.45, 2.75) is 19.4 Å². The minimum absolute atomic E-state index is 0.0465. The molecule has 7 nitrogen and oxygen atoms in total. The summed E-state index contributed by atoms with van der Waals surface area (Å²) in [5.74, 6) is 0.540. The number of benzene rings is 2. The Kier molecular flexibility index (Phi) is 4.82. The molecule has 1 amide bonds. The molecule has 0 bridgehead atoms. The number of aryl methyl sites for hydroxylation is 1. The van der Waals surface area contributed by atoms with E-state index in [-0.39, 0.29) is 5.91 Å². The van der Waals surface area contributed by atoms with Crippen molar-refractivity contribution in [1.29, 1.82) is 0 Å². The predicted molar refractivity (Wildman–Crippen MR) is 103 cm³/mol. The van der Waals surface area contributed by atoms with E-state index in [0.29, 0.717) is 25.2 Å². The van der Waals surface area contributed by atoms with Crippen LogP contribution in [0.1, 0.15) is 12.8 Å². The van der Waals surface area contributed by atoms with Gasteiger partial charge in [-0.1, -0.05) is 36.4 Å². The lowest BCUT2D eigenvalue weighted by Crippen LogP contribution is -2.13. The van der Waals surface area contributed by atoms with Crippen molar-refractivity contribution in [1.82, 2.24) is 25.2 Å². The van der Waals surface area contributed by atoms with E-state index in [4.69, 9.17) is 0 Å². The molecule has 134 valence electrons. The van der Waals surface area contributed by atoms with E-state index >= 15 is 0 Å². The van der Waals surface area contributed by atoms with Gasteiger partial charge in [-0.05, 0) is 35.9 Å². The van der Waals surface area contributed by atoms with Crippen LogP contribution < -0.4 is 5.32 Å². The van der Waals surface area contributed by atoms with Crippen LogP contribution in [0.5, 0.6) is 0 Å². The fourth-order valence-corrected chi connectivity index (χ4v) is 2.85. The molecule has 0 spiro atoms. The number of aromatic nitrogens is 5. The fourth-order valence-electron chi connectivity index (χ4n) is 2.85. The summed E-state index contributed by atoms with van der Waals surface area (Å²) >= 11 is 0. The SMILES string of the molecule is O=C(CCCn1nnc(-c2ccccc2)n1)Nc1cccc2ncccc12. The third-order valence-corrected chi connectivity index (χ3v) is 4.17. The molecule has 0 saturated heterocycles. The molecule has 0 aliphatic rings. The Hall–Kier alpha value is -3.61. The zero-order chi connectivity index (χ0) is 18.5. The number of tetrazole rings is 1. The maximum absolute atomic E-state index is 12.3. The largest absolute Gasteiger partial charge is 0.325 e. The summed E-state index contributed by atoms with van der Waals surface area (Å²) in [6.45, 7) is 0.532. The Morgan fingerprint density at radius 2 is 1.89 bits per heavy atom. The second-order valence-corrected chi connectivity index (χ2v) is 6.10. The first-order valence-electron chi connectivity index (χ1n) is 8.76. The highest BCUT2D eigenvalue weighted by Crippen LogP contribution is 2.21. The summed E-state index contributed by atoms with van der Waals surface area (Å²) in [7, 11) is 0. The Morgan fingerprint density at radius 3 is 2.78 bits per heavy atom. The normalized spacial score (nSPS) is 10.8. The summed E-state index contributed by atoms with van der Waals surface area (Å²) in [5.41, 5.74) is 2.55. The molecule has 4 aromatic rings. The van der Waals surface area contributed by atoms with E-state index in [9.17, 15) is 4.79 Å².